The molecule has 176 valence electrons. The third kappa shape index (κ3) is 4.52. The predicted molar refractivity (Wildman–Crippen MR) is 132 cm³/mol. The predicted octanol–water partition coefficient (Wildman–Crippen LogP) is 3.30. The largest absolute Gasteiger partial charge is 0.491 e. The van der Waals surface area contributed by atoms with Crippen molar-refractivity contribution >= 4 is 23.5 Å². The zero-order valence-corrected chi connectivity index (χ0v) is 19.6. The van der Waals surface area contributed by atoms with Crippen molar-refractivity contribution in [3.05, 3.63) is 83.0 Å². The highest BCUT2D eigenvalue weighted by Crippen LogP contribution is 2.44. The van der Waals surface area contributed by atoms with Crippen LogP contribution in [0.3, 0.4) is 0 Å². The number of carbonyl (C=O) groups excluding carboxylic acids is 2. The Morgan fingerprint density at radius 3 is 2.85 bits per heavy atom. The van der Waals surface area contributed by atoms with Crippen LogP contribution >= 0.6 is 0 Å². The number of amides is 2. The number of rotatable bonds is 8. The summed E-state index contributed by atoms with van der Waals surface area (Å²) in [6.45, 7) is 7.10. The normalized spacial score (nSPS) is 14.6. The molecule has 0 radical (unpaired) electrons. The van der Waals surface area contributed by atoms with E-state index in [1.807, 2.05) is 50.6 Å². The number of benzene rings is 1. The van der Waals surface area contributed by atoms with Gasteiger partial charge in [0.15, 0.2) is 0 Å². The Balaban J connectivity index is 1.62. The van der Waals surface area contributed by atoms with Gasteiger partial charge in [-0.1, -0.05) is 12.7 Å². The van der Waals surface area contributed by atoms with E-state index in [0.29, 0.717) is 36.4 Å². The Bertz CT molecular complexity index is 1270. The quantitative estimate of drug-likeness (QED) is 0.481. The fourth-order valence-electron chi connectivity index (χ4n) is 4.23. The van der Waals surface area contributed by atoms with Crippen LogP contribution in [0.2, 0.25) is 0 Å². The number of ether oxygens (including phenoxy) is 1. The van der Waals surface area contributed by atoms with E-state index in [9.17, 15) is 9.59 Å². The molecule has 0 saturated carbocycles. The fraction of sp³-hybridized carbons (Fsp3) is 0.269. The summed E-state index contributed by atoms with van der Waals surface area (Å²) in [7, 11) is 3.41. The summed E-state index contributed by atoms with van der Waals surface area (Å²) < 4.78 is 7.70. The monoisotopic (exact) mass is 459 g/mol. The maximum atomic E-state index is 13.0. The second-order valence-electron chi connectivity index (χ2n) is 8.24. The number of H-pyrrole nitrogens is 1. The SMILES string of the molecule is C=C(c1cc[nH]c1/C=C\C)[C@H]1COc2c(C(=O)NC)cc(C(=O)NCCc3cnn(C)c3)cc21. The Kier molecular flexibility index (Phi) is 6.67. The second-order valence-corrected chi connectivity index (χ2v) is 8.24. The summed E-state index contributed by atoms with van der Waals surface area (Å²) in [5, 5.41) is 9.74. The molecule has 0 bridgehead atoms. The van der Waals surface area contributed by atoms with Gasteiger partial charge in [0.2, 0.25) is 0 Å². The van der Waals surface area contributed by atoms with Crippen molar-refractivity contribution < 1.29 is 14.3 Å². The molecule has 8 heteroatoms. The van der Waals surface area contributed by atoms with E-state index in [2.05, 4.69) is 27.3 Å². The zero-order chi connectivity index (χ0) is 24.2. The number of carbonyl (C=O) groups is 2. The van der Waals surface area contributed by atoms with Gasteiger partial charge in [0, 0.05) is 61.3 Å². The molecule has 4 rings (SSSR count). The number of fused-ring (bicyclic) bond motifs is 1. The van der Waals surface area contributed by atoms with Gasteiger partial charge in [0.05, 0.1) is 18.4 Å². The van der Waals surface area contributed by atoms with Crippen LogP contribution < -0.4 is 15.4 Å². The van der Waals surface area contributed by atoms with Gasteiger partial charge >= 0.3 is 0 Å². The van der Waals surface area contributed by atoms with Gasteiger partial charge in [-0.3, -0.25) is 14.3 Å². The molecule has 1 aliphatic rings. The Morgan fingerprint density at radius 1 is 1.32 bits per heavy atom. The van der Waals surface area contributed by atoms with Crippen LogP contribution in [0, 0.1) is 0 Å². The number of nitrogens with zero attached hydrogens (tertiary/aromatic N) is 2. The van der Waals surface area contributed by atoms with Gasteiger partial charge in [-0.2, -0.15) is 5.10 Å². The number of hydrogen-bond acceptors (Lipinski definition) is 4. The molecule has 0 saturated heterocycles. The van der Waals surface area contributed by atoms with Gasteiger partial charge in [-0.25, -0.2) is 0 Å². The molecule has 0 unspecified atom stereocenters. The van der Waals surface area contributed by atoms with E-state index in [0.717, 1.165) is 28.0 Å². The first-order valence-corrected chi connectivity index (χ1v) is 11.2. The number of nitrogens with one attached hydrogen (secondary N) is 3. The summed E-state index contributed by atoms with van der Waals surface area (Å²) in [6, 6.07) is 5.38. The van der Waals surface area contributed by atoms with Crippen molar-refractivity contribution in [2.75, 3.05) is 20.2 Å². The smallest absolute Gasteiger partial charge is 0.254 e. The molecule has 2 aromatic heterocycles. The van der Waals surface area contributed by atoms with Crippen molar-refractivity contribution in [1.29, 1.82) is 0 Å². The molecular formula is C26H29N5O3. The third-order valence-electron chi connectivity index (χ3n) is 5.96. The highest BCUT2D eigenvalue weighted by Gasteiger charge is 2.33. The fourth-order valence-corrected chi connectivity index (χ4v) is 4.23. The second kappa shape index (κ2) is 9.82. The van der Waals surface area contributed by atoms with Gasteiger partial charge < -0.3 is 20.4 Å². The number of aromatic amines is 1. The van der Waals surface area contributed by atoms with E-state index in [1.165, 1.54) is 0 Å². The maximum absolute atomic E-state index is 13.0. The first-order valence-electron chi connectivity index (χ1n) is 11.2. The van der Waals surface area contributed by atoms with Gasteiger partial charge in [-0.15, -0.1) is 0 Å². The Morgan fingerprint density at radius 2 is 2.15 bits per heavy atom. The number of hydrogen-bond donors (Lipinski definition) is 3. The Labute approximate surface area is 198 Å². The van der Waals surface area contributed by atoms with Crippen molar-refractivity contribution in [3.8, 4) is 5.75 Å². The summed E-state index contributed by atoms with van der Waals surface area (Å²) in [5.74, 6) is -0.227. The van der Waals surface area contributed by atoms with Gasteiger partial charge in [-0.05, 0) is 48.8 Å². The highest BCUT2D eigenvalue weighted by atomic mass is 16.5. The number of allylic oxidation sites excluding steroid dienone is 1. The molecule has 1 aromatic carbocycles. The molecule has 0 aliphatic carbocycles. The lowest BCUT2D eigenvalue weighted by molar-refractivity contribution is 0.0954. The average molecular weight is 460 g/mol. The molecule has 2 amide bonds. The van der Waals surface area contributed by atoms with Crippen molar-refractivity contribution in [3.63, 3.8) is 0 Å². The highest BCUT2D eigenvalue weighted by molar-refractivity contribution is 6.02. The molecule has 3 aromatic rings. The molecule has 34 heavy (non-hydrogen) atoms. The Hall–Kier alpha value is -4.07. The van der Waals surface area contributed by atoms with E-state index >= 15 is 0 Å². The van der Waals surface area contributed by atoms with E-state index < -0.39 is 0 Å². The van der Waals surface area contributed by atoms with Crippen LogP contribution in [0.15, 0.2) is 49.4 Å². The summed E-state index contributed by atoms with van der Waals surface area (Å²) in [4.78, 5) is 28.9. The molecule has 1 atom stereocenters. The van der Waals surface area contributed by atoms with Gasteiger partial charge in [0.1, 0.15) is 5.75 Å². The first-order chi connectivity index (χ1) is 16.4. The average Bonchev–Trinajstić information content (AvgIpc) is 3.57. The molecule has 3 heterocycles. The lowest BCUT2D eigenvalue weighted by Crippen LogP contribution is -2.26. The van der Waals surface area contributed by atoms with E-state index in [-0.39, 0.29) is 17.7 Å². The molecule has 0 spiro atoms. The van der Waals surface area contributed by atoms with Crippen molar-refractivity contribution in [1.82, 2.24) is 25.4 Å². The number of aromatic nitrogens is 3. The standard InChI is InChI=1S/C26H29N5O3/c1-5-6-23-19(8-10-28-23)16(2)22-15-34-24-20(22)11-18(12-21(24)26(33)27-3)25(32)29-9-7-17-13-30-31(4)14-17/h5-6,8,10-14,22,28H,2,7,9,15H2,1,3-4H3,(H,27,33)(H,29,32)/b6-5-/t22-/m1/s1. The summed E-state index contributed by atoms with van der Waals surface area (Å²) in [6.07, 6.45) is 10.2. The minimum Gasteiger partial charge on any atom is -0.491 e. The van der Waals surface area contributed by atoms with Crippen LogP contribution in [0.5, 0.6) is 5.75 Å². The topological polar surface area (TPSA) is 101 Å². The van der Waals surface area contributed by atoms with Crippen LogP contribution in [-0.4, -0.2) is 46.8 Å². The molecule has 3 N–H and O–H groups in total. The molecule has 8 nitrogen and oxygen atoms in total. The minimum atomic E-state index is -0.302. The van der Waals surface area contributed by atoms with Crippen molar-refractivity contribution in [2.45, 2.75) is 19.3 Å². The van der Waals surface area contributed by atoms with E-state index in [4.69, 9.17) is 4.74 Å². The molecular weight excluding hydrogens is 430 g/mol. The van der Waals surface area contributed by atoms with Crippen LogP contribution in [0.25, 0.3) is 11.6 Å². The van der Waals surface area contributed by atoms with Crippen LogP contribution in [0.4, 0.5) is 0 Å². The van der Waals surface area contributed by atoms with Crippen LogP contribution in [-0.2, 0) is 13.5 Å². The van der Waals surface area contributed by atoms with Crippen molar-refractivity contribution in [2.24, 2.45) is 7.05 Å². The number of aryl methyl sites for hydroxylation is 1. The lowest BCUT2D eigenvalue weighted by atomic mass is 9.87. The lowest BCUT2D eigenvalue weighted by Gasteiger charge is -2.15. The summed E-state index contributed by atoms with van der Waals surface area (Å²) in [5.41, 5.74) is 5.38. The molecule has 0 fully saturated rings. The minimum absolute atomic E-state index is 0.179. The maximum Gasteiger partial charge on any atom is 0.254 e. The first kappa shape index (κ1) is 23.1. The third-order valence-corrected chi connectivity index (χ3v) is 5.96. The summed E-state index contributed by atoms with van der Waals surface area (Å²) >= 11 is 0. The van der Waals surface area contributed by atoms with E-state index in [1.54, 1.807) is 24.0 Å². The van der Waals surface area contributed by atoms with Gasteiger partial charge in [0.25, 0.3) is 11.8 Å². The molecule has 1 aliphatic heterocycles. The zero-order valence-electron chi connectivity index (χ0n) is 19.6. The van der Waals surface area contributed by atoms with Crippen LogP contribution in [0.1, 0.15) is 55.9 Å².